The lowest BCUT2D eigenvalue weighted by Crippen LogP contribution is -2.31. The van der Waals surface area contributed by atoms with Gasteiger partial charge in [0.25, 0.3) is 11.8 Å². The molecule has 0 saturated heterocycles. The highest BCUT2D eigenvalue weighted by Crippen LogP contribution is 2.32. The van der Waals surface area contributed by atoms with Crippen molar-refractivity contribution in [3.05, 3.63) is 40.8 Å². The van der Waals surface area contributed by atoms with Crippen LogP contribution in [0.5, 0.6) is 0 Å². The Morgan fingerprint density at radius 2 is 1.92 bits per heavy atom. The van der Waals surface area contributed by atoms with Gasteiger partial charge >= 0.3 is 5.97 Å². The van der Waals surface area contributed by atoms with Crippen molar-refractivity contribution in [2.24, 2.45) is 0 Å². The maximum atomic E-state index is 12.5. The predicted octanol–water partition coefficient (Wildman–Crippen LogP) is 2.42. The minimum atomic E-state index is -0.952. The van der Waals surface area contributed by atoms with E-state index >= 15 is 0 Å². The fourth-order valence-corrected chi connectivity index (χ4v) is 2.93. The standard InChI is InChI=1S/C17H16N2O5/c1-9-15(10(2)24-18-9)11-5-6-12-13(8-11)17(23)19(16(12)22)7-3-4-14(20)21/h5-6,8H,3-4,7H2,1-2H3,(H,20,21). The highest BCUT2D eigenvalue weighted by molar-refractivity contribution is 6.21. The first kappa shape index (κ1) is 15.9. The van der Waals surface area contributed by atoms with E-state index in [2.05, 4.69) is 5.16 Å². The quantitative estimate of drug-likeness (QED) is 0.846. The van der Waals surface area contributed by atoms with Crippen molar-refractivity contribution < 1.29 is 24.0 Å². The van der Waals surface area contributed by atoms with Gasteiger partial charge in [-0.3, -0.25) is 19.3 Å². The Kier molecular flexibility index (Phi) is 3.92. The van der Waals surface area contributed by atoms with Crippen molar-refractivity contribution in [3.63, 3.8) is 0 Å². The Labute approximate surface area is 137 Å². The summed E-state index contributed by atoms with van der Waals surface area (Å²) >= 11 is 0. The van der Waals surface area contributed by atoms with Crippen molar-refractivity contribution in [2.75, 3.05) is 6.54 Å². The topological polar surface area (TPSA) is 101 Å². The molecule has 0 radical (unpaired) electrons. The largest absolute Gasteiger partial charge is 0.481 e. The molecule has 2 heterocycles. The number of hydrogen-bond acceptors (Lipinski definition) is 5. The van der Waals surface area contributed by atoms with Crippen molar-refractivity contribution >= 4 is 17.8 Å². The van der Waals surface area contributed by atoms with Gasteiger partial charge in [-0.2, -0.15) is 0 Å². The van der Waals surface area contributed by atoms with E-state index in [4.69, 9.17) is 9.63 Å². The number of aliphatic carboxylic acids is 1. The van der Waals surface area contributed by atoms with Gasteiger partial charge < -0.3 is 9.63 Å². The lowest BCUT2D eigenvalue weighted by Gasteiger charge is -2.12. The Hall–Kier alpha value is -2.96. The van der Waals surface area contributed by atoms with Crippen LogP contribution in [0.25, 0.3) is 11.1 Å². The van der Waals surface area contributed by atoms with Gasteiger partial charge in [0.05, 0.1) is 16.8 Å². The molecule has 0 atom stereocenters. The molecule has 0 fully saturated rings. The molecule has 1 aliphatic heterocycles. The summed E-state index contributed by atoms with van der Waals surface area (Å²) in [5.74, 6) is -1.09. The number of carboxylic acid groups (broad SMARTS) is 1. The summed E-state index contributed by atoms with van der Waals surface area (Å²) in [5, 5.41) is 12.6. The van der Waals surface area contributed by atoms with E-state index in [9.17, 15) is 14.4 Å². The molecular weight excluding hydrogens is 312 g/mol. The average molecular weight is 328 g/mol. The van der Waals surface area contributed by atoms with Gasteiger partial charge in [0, 0.05) is 18.5 Å². The molecule has 7 heteroatoms. The maximum absolute atomic E-state index is 12.5. The summed E-state index contributed by atoms with van der Waals surface area (Å²) in [5.41, 5.74) is 2.95. The number of carboxylic acids is 1. The lowest BCUT2D eigenvalue weighted by molar-refractivity contribution is -0.137. The van der Waals surface area contributed by atoms with Crippen LogP contribution in [0.2, 0.25) is 0 Å². The Morgan fingerprint density at radius 3 is 2.54 bits per heavy atom. The average Bonchev–Trinajstić information content (AvgIpc) is 2.99. The second kappa shape index (κ2) is 5.92. The normalized spacial score (nSPS) is 13.5. The molecule has 3 rings (SSSR count). The van der Waals surface area contributed by atoms with Gasteiger partial charge in [0.1, 0.15) is 5.76 Å². The third-order valence-corrected chi connectivity index (χ3v) is 4.07. The first-order valence-corrected chi connectivity index (χ1v) is 7.55. The number of amides is 2. The molecule has 2 aromatic rings. The van der Waals surface area contributed by atoms with E-state index in [1.54, 1.807) is 25.1 Å². The summed E-state index contributed by atoms with van der Waals surface area (Å²) in [6.07, 6.45) is 0.148. The minimum absolute atomic E-state index is 0.0856. The van der Waals surface area contributed by atoms with E-state index in [1.807, 2.05) is 6.92 Å². The number of hydrogen-bond donors (Lipinski definition) is 1. The number of rotatable bonds is 5. The van der Waals surface area contributed by atoms with E-state index in [1.165, 1.54) is 0 Å². The molecule has 0 unspecified atom stereocenters. The molecule has 0 saturated carbocycles. The van der Waals surface area contributed by atoms with Crippen LogP contribution < -0.4 is 0 Å². The number of carbonyl (C=O) groups excluding carboxylic acids is 2. The van der Waals surface area contributed by atoms with Gasteiger partial charge in [0.15, 0.2) is 0 Å². The van der Waals surface area contributed by atoms with Crippen LogP contribution in [0.15, 0.2) is 22.7 Å². The molecule has 124 valence electrons. The predicted molar refractivity (Wildman–Crippen MR) is 83.6 cm³/mol. The summed E-state index contributed by atoms with van der Waals surface area (Å²) in [7, 11) is 0. The number of aryl methyl sites for hydroxylation is 2. The highest BCUT2D eigenvalue weighted by atomic mass is 16.5. The number of benzene rings is 1. The van der Waals surface area contributed by atoms with E-state index in [0.717, 1.165) is 16.0 Å². The van der Waals surface area contributed by atoms with Crippen LogP contribution in [0, 0.1) is 13.8 Å². The zero-order chi connectivity index (χ0) is 17.4. The van der Waals surface area contributed by atoms with E-state index in [0.29, 0.717) is 22.6 Å². The van der Waals surface area contributed by atoms with E-state index in [-0.39, 0.29) is 25.3 Å². The van der Waals surface area contributed by atoms with Crippen LogP contribution in [0.3, 0.4) is 0 Å². The van der Waals surface area contributed by atoms with Gasteiger partial charge in [-0.15, -0.1) is 0 Å². The van der Waals surface area contributed by atoms with Gasteiger partial charge in [-0.05, 0) is 38.0 Å². The molecule has 1 aliphatic rings. The summed E-state index contributed by atoms with van der Waals surface area (Å²) in [6, 6.07) is 5.05. The summed E-state index contributed by atoms with van der Waals surface area (Å²) < 4.78 is 5.15. The zero-order valence-corrected chi connectivity index (χ0v) is 13.3. The van der Waals surface area contributed by atoms with Crippen LogP contribution in [0.1, 0.15) is 45.0 Å². The van der Waals surface area contributed by atoms with Gasteiger partial charge in [-0.1, -0.05) is 11.2 Å². The molecule has 7 nitrogen and oxygen atoms in total. The molecule has 1 N–H and O–H groups in total. The van der Waals surface area contributed by atoms with Gasteiger partial charge in [-0.25, -0.2) is 0 Å². The molecule has 0 spiro atoms. The maximum Gasteiger partial charge on any atom is 0.303 e. The van der Waals surface area contributed by atoms with Crippen molar-refractivity contribution in [1.29, 1.82) is 0 Å². The van der Waals surface area contributed by atoms with Crippen molar-refractivity contribution in [3.8, 4) is 11.1 Å². The first-order valence-electron chi connectivity index (χ1n) is 7.55. The number of nitrogens with zero attached hydrogens (tertiary/aromatic N) is 2. The van der Waals surface area contributed by atoms with Crippen molar-refractivity contribution in [1.82, 2.24) is 10.1 Å². The zero-order valence-electron chi connectivity index (χ0n) is 13.3. The number of fused-ring (bicyclic) bond motifs is 1. The van der Waals surface area contributed by atoms with Crippen LogP contribution in [-0.2, 0) is 4.79 Å². The summed E-state index contributed by atoms with van der Waals surface area (Å²) in [6.45, 7) is 3.69. The monoisotopic (exact) mass is 328 g/mol. The number of aromatic nitrogens is 1. The molecule has 24 heavy (non-hydrogen) atoms. The number of imide groups is 1. The smallest absolute Gasteiger partial charge is 0.303 e. The fourth-order valence-electron chi connectivity index (χ4n) is 2.93. The van der Waals surface area contributed by atoms with Gasteiger partial charge in [0.2, 0.25) is 0 Å². The highest BCUT2D eigenvalue weighted by Gasteiger charge is 2.35. The molecule has 0 aliphatic carbocycles. The van der Waals surface area contributed by atoms with Crippen LogP contribution >= 0.6 is 0 Å². The SMILES string of the molecule is Cc1noc(C)c1-c1ccc2c(c1)C(=O)N(CCCC(=O)O)C2=O. The third-order valence-electron chi connectivity index (χ3n) is 4.07. The molecular formula is C17H16N2O5. The Balaban J connectivity index is 1.90. The minimum Gasteiger partial charge on any atom is -0.481 e. The first-order chi connectivity index (χ1) is 11.4. The third kappa shape index (κ3) is 2.58. The lowest BCUT2D eigenvalue weighted by atomic mass is 9.99. The van der Waals surface area contributed by atoms with Crippen LogP contribution in [-0.4, -0.2) is 39.5 Å². The molecule has 1 aromatic heterocycles. The fraction of sp³-hybridized carbons (Fsp3) is 0.294. The van der Waals surface area contributed by atoms with Crippen LogP contribution in [0.4, 0.5) is 0 Å². The molecule has 0 bridgehead atoms. The van der Waals surface area contributed by atoms with Crippen molar-refractivity contribution in [2.45, 2.75) is 26.7 Å². The van der Waals surface area contributed by atoms with E-state index < -0.39 is 11.9 Å². The number of carbonyl (C=O) groups is 3. The second-order valence-corrected chi connectivity index (χ2v) is 5.72. The second-order valence-electron chi connectivity index (χ2n) is 5.72. The summed E-state index contributed by atoms with van der Waals surface area (Å²) in [4.78, 5) is 36.5. The Morgan fingerprint density at radius 1 is 1.21 bits per heavy atom. The Bertz CT molecular complexity index is 833. The molecule has 2 amide bonds. The molecule has 1 aromatic carbocycles.